The Balaban J connectivity index is 0.000000989. The summed E-state index contributed by atoms with van der Waals surface area (Å²) in [6.07, 6.45) is 1.68. The summed E-state index contributed by atoms with van der Waals surface area (Å²) in [5, 5.41) is 6.26. The van der Waals surface area contributed by atoms with Crippen molar-refractivity contribution in [3.63, 3.8) is 0 Å². The molecule has 2 amide bonds. The van der Waals surface area contributed by atoms with E-state index in [1.165, 1.54) is 12.1 Å². The number of benzene rings is 4. The number of nitrogens with zero attached hydrogens (tertiary/aromatic N) is 3. The van der Waals surface area contributed by atoms with Crippen LogP contribution in [0.15, 0.2) is 130 Å². The van der Waals surface area contributed by atoms with Gasteiger partial charge in [-0.3, -0.25) is 9.59 Å². The summed E-state index contributed by atoms with van der Waals surface area (Å²) in [6.45, 7) is 2.31. The first-order valence-corrected chi connectivity index (χ1v) is 17.5. The topological polar surface area (TPSA) is 79.3 Å². The number of methoxy groups -OCH3 is 1. The summed E-state index contributed by atoms with van der Waals surface area (Å²) in [5.74, 6) is -2.04. The average Bonchev–Trinajstić information content (AvgIpc) is 3.64. The SMILES string of the molecule is COC(=O)C1=C[C@]2(C(=O)N(Cc3ccccc3)N=C2C)[C@@]2(C(=O)N(Cc3ccccc3)c3ccccc32)[C@H]1c1ccc(Br)cc1.ClC(Cl)Cl. The summed E-state index contributed by atoms with van der Waals surface area (Å²) in [7, 11) is 1.32. The van der Waals surface area contributed by atoms with Crippen molar-refractivity contribution in [3.05, 3.63) is 148 Å². The van der Waals surface area contributed by atoms with Crippen molar-refractivity contribution in [1.82, 2.24) is 5.01 Å². The summed E-state index contributed by atoms with van der Waals surface area (Å²) in [5.41, 5.74) is 1.53. The van der Waals surface area contributed by atoms with Crippen LogP contribution >= 0.6 is 50.7 Å². The van der Waals surface area contributed by atoms with Crippen LogP contribution in [0, 0.1) is 5.41 Å². The van der Waals surface area contributed by atoms with Gasteiger partial charge in [0.1, 0.15) is 10.8 Å². The molecule has 3 atom stereocenters. The molecule has 2 aliphatic heterocycles. The van der Waals surface area contributed by atoms with Crippen LogP contribution in [0.4, 0.5) is 5.69 Å². The first-order chi connectivity index (χ1) is 23.6. The average molecular weight is 780 g/mol. The van der Waals surface area contributed by atoms with E-state index in [2.05, 4.69) is 15.9 Å². The largest absolute Gasteiger partial charge is 0.466 e. The molecule has 0 radical (unpaired) electrons. The van der Waals surface area contributed by atoms with Gasteiger partial charge in [-0.1, -0.05) is 148 Å². The zero-order valence-electron chi connectivity index (χ0n) is 26.5. The third kappa shape index (κ3) is 5.88. The van der Waals surface area contributed by atoms with Gasteiger partial charge in [-0.05, 0) is 47.4 Å². The second-order valence-electron chi connectivity index (χ2n) is 11.9. The van der Waals surface area contributed by atoms with E-state index in [0.29, 0.717) is 23.5 Å². The van der Waals surface area contributed by atoms with E-state index in [0.717, 1.165) is 21.2 Å². The number of halogens is 4. The standard InChI is InChI=1S/C37H30BrN3O4.CHCl3/c1-24-36(34(43)41(39-24)23-26-13-7-4-8-14-26)21-29(33(42)45-2)32(27-17-19-28(38)20-18-27)37(36)30-15-9-10-16-31(30)40(35(37)44)22-25-11-5-3-6-12-25;2-1(3)4/h3-21,32H,22-23H2,1-2H3;1H/t32-,36-,37+;/m0./s1. The van der Waals surface area contributed by atoms with Crippen LogP contribution in [0.5, 0.6) is 0 Å². The number of fused-ring (bicyclic) bond motifs is 3. The number of esters is 1. The van der Waals surface area contributed by atoms with Gasteiger partial charge in [-0.15, -0.1) is 0 Å². The maximum Gasteiger partial charge on any atom is 0.334 e. The van der Waals surface area contributed by atoms with Crippen LogP contribution in [-0.2, 0) is 37.6 Å². The first kappa shape index (κ1) is 34.9. The zero-order chi connectivity index (χ0) is 34.9. The van der Waals surface area contributed by atoms with Crippen molar-refractivity contribution < 1.29 is 19.1 Å². The second-order valence-corrected chi connectivity index (χ2v) is 14.8. The molecule has 0 unspecified atom stereocenters. The van der Waals surface area contributed by atoms with Gasteiger partial charge < -0.3 is 9.64 Å². The highest BCUT2D eigenvalue weighted by Gasteiger charge is 2.76. The number of amides is 2. The monoisotopic (exact) mass is 777 g/mol. The Labute approximate surface area is 308 Å². The van der Waals surface area contributed by atoms with E-state index < -0.39 is 27.0 Å². The molecule has 0 N–H and O–H groups in total. The van der Waals surface area contributed by atoms with Gasteiger partial charge in [0.05, 0.1) is 25.9 Å². The third-order valence-electron chi connectivity index (χ3n) is 9.34. The number of anilines is 1. The lowest BCUT2D eigenvalue weighted by Gasteiger charge is -2.42. The molecule has 7 rings (SSSR count). The van der Waals surface area contributed by atoms with Crippen LogP contribution in [0.3, 0.4) is 0 Å². The lowest BCUT2D eigenvalue weighted by molar-refractivity contribution is -0.142. The Morgan fingerprint density at radius 3 is 1.98 bits per heavy atom. The van der Waals surface area contributed by atoms with Gasteiger partial charge in [0.2, 0.25) is 5.91 Å². The second kappa shape index (κ2) is 14.1. The molecule has 0 aromatic heterocycles. The number of alkyl halides is 3. The molecule has 4 aromatic carbocycles. The first-order valence-electron chi connectivity index (χ1n) is 15.4. The van der Waals surface area contributed by atoms with Crippen LogP contribution < -0.4 is 4.90 Å². The van der Waals surface area contributed by atoms with Crippen LogP contribution in [0.25, 0.3) is 0 Å². The van der Waals surface area contributed by atoms with Crippen LogP contribution in [-0.4, -0.2) is 39.9 Å². The Hall–Kier alpha value is -3.95. The summed E-state index contributed by atoms with van der Waals surface area (Å²) >= 11 is 17.9. The van der Waals surface area contributed by atoms with Crippen molar-refractivity contribution in [2.45, 2.75) is 35.6 Å². The van der Waals surface area contributed by atoms with Crippen molar-refractivity contribution in [3.8, 4) is 0 Å². The maximum absolute atomic E-state index is 15.5. The molecule has 3 aliphatic rings. The van der Waals surface area contributed by atoms with Gasteiger partial charge in [0.15, 0.2) is 4.30 Å². The molecule has 250 valence electrons. The van der Waals surface area contributed by atoms with Gasteiger partial charge in [0.25, 0.3) is 5.91 Å². The quantitative estimate of drug-likeness (QED) is 0.145. The molecular weight excluding hydrogens is 749 g/mol. The zero-order valence-corrected chi connectivity index (χ0v) is 30.4. The Morgan fingerprint density at radius 1 is 0.837 bits per heavy atom. The molecule has 0 saturated carbocycles. The molecule has 4 aromatic rings. The number of hydrogen-bond donors (Lipinski definition) is 0. The smallest absolute Gasteiger partial charge is 0.334 e. The van der Waals surface area contributed by atoms with Gasteiger partial charge >= 0.3 is 5.97 Å². The van der Waals surface area contributed by atoms with E-state index in [4.69, 9.17) is 44.6 Å². The Morgan fingerprint density at radius 2 is 1.39 bits per heavy atom. The molecule has 1 aliphatic carbocycles. The molecule has 7 nitrogen and oxygen atoms in total. The fourth-order valence-corrected chi connectivity index (χ4v) is 7.75. The Bertz CT molecular complexity index is 1950. The predicted molar refractivity (Wildman–Crippen MR) is 197 cm³/mol. The van der Waals surface area contributed by atoms with Gasteiger partial charge in [-0.25, -0.2) is 9.80 Å². The number of rotatable bonds is 6. The maximum atomic E-state index is 15.5. The van der Waals surface area contributed by atoms with E-state index in [-0.39, 0.29) is 23.9 Å². The molecule has 0 bridgehead atoms. The summed E-state index contributed by atoms with van der Waals surface area (Å²) < 4.78 is 5.45. The van der Waals surface area contributed by atoms with E-state index in [9.17, 15) is 4.79 Å². The number of ether oxygens (including phenoxy) is 1. The molecule has 2 spiro atoms. The third-order valence-corrected chi connectivity index (χ3v) is 9.87. The van der Waals surface area contributed by atoms with E-state index in [1.807, 2.05) is 109 Å². The minimum Gasteiger partial charge on any atom is -0.466 e. The fourth-order valence-electron chi connectivity index (χ4n) is 7.48. The number of hydrogen-bond acceptors (Lipinski definition) is 5. The highest BCUT2D eigenvalue weighted by atomic mass is 79.9. The lowest BCUT2D eigenvalue weighted by atomic mass is 9.55. The van der Waals surface area contributed by atoms with Crippen molar-refractivity contribution in [1.29, 1.82) is 0 Å². The minimum absolute atomic E-state index is 0.225. The molecule has 0 fully saturated rings. The highest BCUT2D eigenvalue weighted by Crippen LogP contribution is 2.67. The molecule has 49 heavy (non-hydrogen) atoms. The molecule has 0 saturated heterocycles. The van der Waals surface area contributed by atoms with E-state index in [1.54, 1.807) is 17.9 Å². The molecular formula is C38H31BrCl3N3O4. The Kier molecular flexibility index (Phi) is 10.1. The lowest BCUT2D eigenvalue weighted by Crippen LogP contribution is -2.59. The number of hydrazone groups is 1. The molecule has 2 heterocycles. The number of carbonyl (C=O) groups is 3. The van der Waals surface area contributed by atoms with Gasteiger partial charge in [0, 0.05) is 21.7 Å². The van der Waals surface area contributed by atoms with Crippen LogP contribution in [0.1, 0.15) is 35.1 Å². The number of carbonyl (C=O) groups excluding carboxylic acids is 3. The summed E-state index contributed by atoms with van der Waals surface area (Å²) in [6, 6.07) is 34.6. The van der Waals surface area contributed by atoms with Crippen molar-refractivity contribution >= 4 is 79.9 Å². The van der Waals surface area contributed by atoms with Crippen molar-refractivity contribution in [2.75, 3.05) is 12.0 Å². The predicted octanol–water partition coefficient (Wildman–Crippen LogP) is 8.52. The number of para-hydroxylation sites is 1. The van der Waals surface area contributed by atoms with Crippen molar-refractivity contribution in [2.24, 2.45) is 10.5 Å². The van der Waals surface area contributed by atoms with Gasteiger partial charge in [-0.2, -0.15) is 5.10 Å². The van der Waals surface area contributed by atoms with Crippen LogP contribution in [0.2, 0.25) is 0 Å². The highest BCUT2D eigenvalue weighted by molar-refractivity contribution is 9.10. The molecule has 11 heteroatoms. The normalized spacial score (nSPS) is 22.3. The van der Waals surface area contributed by atoms with E-state index >= 15 is 9.59 Å². The summed E-state index contributed by atoms with van der Waals surface area (Å²) in [4.78, 5) is 46.1. The fraction of sp³-hybridized carbons (Fsp3) is 0.211. The minimum atomic E-state index is -1.58.